The minimum Gasteiger partial charge on any atom is -0.344 e. The molecule has 3 aromatic rings. The molecule has 142 valence electrons. The number of sulfonamides is 1. The SMILES string of the molecule is CN(CC(=O)NCC#Cc1ccccc1)S(=O)(=O)c1ccc2ccccc2c1. The van der Waals surface area contributed by atoms with Gasteiger partial charge in [0.05, 0.1) is 18.0 Å². The number of amides is 1. The lowest BCUT2D eigenvalue weighted by atomic mass is 10.1. The Morgan fingerprint density at radius 1 is 0.964 bits per heavy atom. The van der Waals surface area contributed by atoms with Gasteiger partial charge < -0.3 is 5.32 Å². The average molecular weight is 392 g/mol. The van der Waals surface area contributed by atoms with Crippen LogP contribution in [0.1, 0.15) is 5.56 Å². The predicted octanol–water partition coefficient (Wildman–Crippen LogP) is 2.63. The molecule has 0 spiro atoms. The fourth-order valence-corrected chi connectivity index (χ4v) is 3.82. The van der Waals surface area contributed by atoms with Crippen molar-refractivity contribution in [3.63, 3.8) is 0 Å². The third kappa shape index (κ3) is 4.77. The van der Waals surface area contributed by atoms with Crippen LogP contribution in [0.3, 0.4) is 0 Å². The summed E-state index contributed by atoms with van der Waals surface area (Å²) >= 11 is 0. The molecular weight excluding hydrogens is 372 g/mol. The highest BCUT2D eigenvalue weighted by molar-refractivity contribution is 7.89. The molecule has 0 fully saturated rings. The summed E-state index contributed by atoms with van der Waals surface area (Å²) in [6, 6.07) is 21.9. The van der Waals surface area contributed by atoms with E-state index in [1.807, 2.05) is 54.6 Å². The lowest BCUT2D eigenvalue weighted by Crippen LogP contribution is -2.38. The Hall–Kier alpha value is -3.14. The summed E-state index contributed by atoms with van der Waals surface area (Å²) in [5, 5.41) is 4.41. The Balaban J connectivity index is 1.61. The molecule has 3 rings (SSSR count). The van der Waals surface area contributed by atoms with Crippen molar-refractivity contribution >= 4 is 26.7 Å². The second kappa shape index (κ2) is 8.70. The van der Waals surface area contributed by atoms with E-state index in [1.54, 1.807) is 18.2 Å². The van der Waals surface area contributed by atoms with Gasteiger partial charge in [0, 0.05) is 12.6 Å². The summed E-state index contributed by atoms with van der Waals surface area (Å²) in [4.78, 5) is 12.2. The standard InChI is InChI=1S/C22H20N2O3S/c1-24(17-22(25)23-15-7-10-18-8-3-2-4-9-18)28(26,27)21-14-13-19-11-5-6-12-20(19)16-21/h2-6,8-9,11-14,16H,15,17H2,1H3,(H,23,25). The number of fused-ring (bicyclic) bond motifs is 1. The summed E-state index contributed by atoms with van der Waals surface area (Å²) in [6.07, 6.45) is 0. The fraction of sp³-hybridized carbons (Fsp3) is 0.136. The largest absolute Gasteiger partial charge is 0.344 e. The van der Waals surface area contributed by atoms with Crippen LogP contribution in [0.5, 0.6) is 0 Å². The molecule has 0 unspecified atom stereocenters. The highest BCUT2D eigenvalue weighted by Crippen LogP contribution is 2.21. The van der Waals surface area contributed by atoms with Crippen molar-refractivity contribution in [1.82, 2.24) is 9.62 Å². The van der Waals surface area contributed by atoms with Crippen LogP contribution >= 0.6 is 0 Å². The van der Waals surface area contributed by atoms with Crippen molar-refractivity contribution in [3.05, 3.63) is 78.4 Å². The molecule has 0 bridgehead atoms. The van der Waals surface area contributed by atoms with Crippen LogP contribution in [0.25, 0.3) is 10.8 Å². The molecule has 3 aromatic carbocycles. The lowest BCUT2D eigenvalue weighted by Gasteiger charge is -2.17. The molecule has 0 aromatic heterocycles. The maximum absolute atomic E-state index is 12.7. The highest BCUT2D eigenvalue weighted by Gasteiger charge is 2.23. The molecule has 0 heterocycles. The quantitative estimate of drug-likeness (QED) is 0.679. The van der Waals surface area contributed by atoms with Crippen molar-refractivity contribution in [1.29, 1.82) is 0 Å². The first-order valence-corrected chi connectivity index (χ1v) is 10.2. The topological polar surface area (TPSA) is 66.5 Å². The molecule has 0 saturated heterocycles. The van der Waals surface area contributed by atoms with Crippen molar-refractivity contribution in [3.8, 4) is 11.8 Å². The van der Waals surface area contributed by atoms with E-state index in [1.165, 1.54) is 7.05 Å². The van der Waals surface area contributed by atoms with E-state index in [2.05, 4.69) is 17.2 Å². The van der Waals surface area contributed by atoms with Gasteiger partial charge in [0.15, 0.2) is 0 Å². The molecular formula is C22H20N2O3S. The van der Waals surface area contributed by atoms with Gasteiger partial charge in [0.1, 0.15) is 0 Å². The van der Waals surface area contributed by atoms with Gasteiger partial charge >= 0.3 is 0 Å². The molecule has 0 aliphatic rings. The van der Waals surface area contributed by atoms with Crippen LogP contribution in [0, 0.1) is 11.8 Å². The molecule has 0 radical (unpaired) electrons. The van der Waals surface area contributed by atoms with E-state index in [0.717, 1.165) is 20.6 Å². The fourth-order valence-electron chi connectivity index (χ4n) is 2.66. The van der Waals surface area contributed by atoms with E-state index in [-0.39, 0.29) is 18.0 Å². The summed E-state index contributed by atoms with van der Waals surface area (Å²) < 4.78 is 26.5. The molecule has 0 aliphatic carbocycles. The van der Waals surface area contributed by atoms with Gasteiger partial charge in [-0.3, -0.25) is 4.79 Å². The number of carbonyl (C=O) groups excluding carboxylic acids is 1. The summed E-state index contributed by atoms with van der Waals surface area (Å²) in [5.74, 6) is 5.37. The number of nitrogens with one attached hydrogen (secondary N) is 1. The van der Waals surface area contributed by atoms with Crippen LogP contribution < -0.4 is 5.32 Å². The normalized spacial score (nSPS) is 11.1. The number of benzene rings is 3. The van der Waals surface area contributed by atoms with Gasteiger partial charge in [0.2, 0.25) is 15.9 Å². The zero-order valence-electron chi connectivity index (χ0n) is 15.4. The van der Waals surface area contributed by atoms with Crippen molar-refractivity contribution in [2.75, 3.05) is 20.1 Å². The van der Waals surface area contributed by atoms with Gasteiger partial charge in [-0.1, -0.05) is 60.4 Å². The number of likely N-dealkylation sites (N-methyl/N-ethyl adjacent to an activating group) is 1. The van der Waals surface area contributed by atoms with Crippen molar-refractivity contribution in [2.45, 2.75) is 4.90 Å². The molecule has 1 N–H and O–H groups in total. The van der Waals surface area contributed by atoms with Crippen LogP contribution in [-0.2, 0) is 14.8 Å². The number of hydrogen-bond acceptors (Lipinski definition) is 3. The lowest BCUT2D eigenvalue weighted by molar-refractivity contribution is -0.120. The van der Waals surface area contributed by atoms with Crippen LogP contribution in [0.15, 0.2) is 77.7 Å². The number of nitrogens with zero attached hydrogens (tertiary/aromatic N) is 1. The zero-order chi connectivity index (χ0) is 20.0. The second-order valence-corrected chi connectivity index (χ2v) is 8.26. The van der Waals surface area contributed by atoms with E-state index < -0.39 is 15.9 Å². The Morgan fingerprint density at radius 2 is 1.64 bits per heavy atom. The monoisotopic (exact) mass is 392 g/mol. The van der Waals surface area contributed by atoms with Gasteiger partial charge in [-0.25, -0.2) is 8.42 Å². The molecule has 28 heavy (non-hydrogen) atoms. The Labute approximate surface area is 165 Å². The molecule has 5 nitrogen and oxygen atoms in total. The van der Waals surface area contributed by atoms with Crippen LogP contribution in [0.2, 0.25) is 0 Å². The van der Waals surface area contributed by atoms with Gasteiger partial charge in [-0.15, -0.1) is 0 Å². The summed E-state index contributed by atoms with van der Waals surface area (Å²) in [5.41, 5.74) is 0.854. The number of carbonyl (C=O) groups is 1. The van der Waals surface area contributed by atoms with Gasteiger partial charge in [0.25, 0.3) is 0 Å². The Kier molecular flexibility index (Phi) is 6.09. The molecule has 0 aliphatic heterocycles. The minimum absolute atomic E-state index is 0.150. The summed E-state index contributed by atoms with van der Waals surface area (Å²) in [7, 11) is -2.37. The zero-order valence-corrected chi connectivity index (χ0v) is 16.2. The minimum atomic E-state index is -3.76. The van der Waals surface area contributed by atoms with Crippen molar-refractivity contribution < 1.29 is 13.2 Å². The Bertz CT molecular complexity index is 1150. The van der Waals surface area contributed by atoms with E-state index in [4.69, 9.17) is 0 Å². The number of hydrogen-bond donors (Lipinski definition) is 1. The third-order valence-corrected chi connectivity index (χ3v) is 5.98. The molecule has 0 saturated carbocycles. The summed E-state index contributed by atoms with van der Waals surface area (Å²) in [6.45, 7) is -0.125. The first kappa shape index (κ1) is 19.6. The third-order valence-electron chi connectivity index (χ3n) is 4.18. The maximum Gasteiger partial charge on any atom is 0.243 e. The predicted molar refractivity (Wildman–Crippen MR) is 110 cm³/mol. The van der Waals surface area contributed by atoms with Crippen molar-refractivity contribution in [2.24, 2.45) is 0 Å². The second-order valence-electron chi connectivity index (χ2n) is 6.21. The molecule has 1 amide bonds. The van der Waals surface area contributed by atoms with Crippen LogP contribution in [-0.4, -0.2) is 38.8 Å². The first-order chi connectivity index (χ1) is 13.5. The van der Waals surface area contributed by atoms with Gasteiger partial charge in [-0.05, 0) is 35.0 Å². The first-order valence-electron chi connectivity index (χ1n) is 8.72. The van der Waals surface area contributed by atoms with E-state index >= 15 is 0 Å². The highest BCUT2D eigenvalue weighted by atomic mass is 32.2. The van der Waals surface area contributed by atoms with Gasteiger partial charge in [-0.2, -0.15) is 4.31 Å². The molecule has 0 atom stereocenters. The maximum atomic E-state index is 12.7. The Morgan fingerprint density at radius 3 is 2.39 bits per heavy atom. The molecule has 6 heteroatoms. The van der Waals surface area contributed by atoms with Crippen LogP contribution in [0.4, 0.5) is 0 Å². The number of rotatable bonds is 5. The van der Waals surface area contributed by atoms with E-state index in [0.29, 0.717) is 0 Å². The smallest absolute Gasteiger partial charge is 0.243 e. The average Bonchev–Trinajstić information content (AvgIpc) is 2.71. The van der Waals surface area contributed by atoms with E-state index in [9.17, 15) is 13.2 Å².